The average Bonchev–Trinajstić information content (AvgIpc) is 3.23. The summed E-state index contributed by atoms with van der Waals surface area (Å²) in [6, 6.07) is 12.6. The second-order valence-electron chi connectivity index (χ2n) is 9.09. The molecule has 0 aliphatic carbocycles. The molecule has 1 N–H and O–H groups in total. The SMILES string of the molecule is CC(=O)c1nc2c(C(C)C)c(C(=O)N[C@H]3CCOc4ccccc43)cnn2c1-c1cc(Cl)cc(Cl)c1. The highest BCUT2D eigenvalue weighted by molar-refractivity contribution is 6.35. The van der Waals surface area contributed by atoms with Crippen molar-refractivity contribution in [2.75, 3.05) is 6.61 Å². The lowest BCUT2D eigenvalue weighted by Gasteiger charge is -2.27. The van der Waals surface area contributed by atoms with Gasteiger partial charge in [0, 0.05) is 40.1 Å². The zero-order valence-electron chi connectivity index (χ0n) is 20.0. The largest absolute Gasteiger partial charge is 0.493 e. The summed E-state index contributed by atoms with van der Waals surface area (Å²) in [5, 5.41) is 8.55. The molecule has 5 rings (SSSR count). The van der Waals surface area contributed by atoms with Gasteiger partial charge in [0.2, 0.25) is 0 Å². The fourth-order valence-electron chi connectivity index (χ4n) is 4.68. The number of amides is 1. The van der Waals surface area contributed by atoms with E-state index in [2.05, 4.69) is 15.4 Å². The maximum absolute atomic E-state index is 13.5. The third kappa shape index (κ3) is 4.33. The van der Waals surface area contributed by atoms with E-state index in [9.17, 15) is 9.59 Å². The number of hydrogen-bond donors (Lipinski definition) is 1. The molecule has 1 aliphatic heterocycles. The summed E-state index contributed by atoms with van der Waals surface area (Å²) in [4.78, 5) is 30.8. The van der Waals surface area contributed by atoms with Crippen molar-refractivity contribution in [1.29, 1.82) is 0 Å². The Morgan fingerprint density at radius 2 is 1.86 bits per heavy atom. The Morgan fingerprint density at radius 3 is 2.56 bits per heavy atom. The van der Waals surface area contributed by atoms with Crippen LogP contribution in [0.2, 0.25) is 10.0 Å². The number of ether oxygens (including phenoxy) is 1. The van der Waals surface area contributed by atoms with E-state index in [1.165, 1.54) is 13.1 Å². The number of rotatable bonds is 5. The van der Waals surface area contributed by atoms with Gasteiger partial charge in [-0.05, 0) is 30.2 Å². The minimum absolute atomic E-state index is 0.0729. The second kappa shape index (κ2) is 9.56. The van der Waals surface area contributed by atoms with E-state index in [4.69, 9.17) is 27.9 Å². The van der Waals surface area contributed by atoms with Gasteiger partial charge in [-0.15, -0.1) is 0 Å². The van der Waals surface area contributed by atoms with Gasteiger partial charge in [-0.1, -0.05) is 55.2 Å². The first-order chi connectivity index (χ1) is 17.2. The number of aromatic nitrogens is 3. The Labute approximate surface area is 218 Å². The lowest BCUT2D eigenvalue weighted by Crippen LogP contribution is -2.33. The zero-order valence-corrected chi connectivity index (χ0v) is 21.5. The molecule has 0 saturated heterocycles. The summed E-state index contributed by atoms with van der Waals surface area (Å²) in [5.74, 6) is 0.216. The smallest absolute Gasteiger partial charge is 0.253 e. The van der Waals surface area contributed by atoms with Gasteiger partial charge in [0.25, 0.3) is 5.91 Å². The standard InChI is InChI=1S/C27H24Cl2N4O3/c1-14(2)23-20(27(35)31-21-8-9-36-22-7-5-4-6-19(21)22)13-30-33-25(24(15(3)34)32-26(23)33)16-10-17(28)12-18(29)11-16/h4-7,10-14,21H,8-9H2,1-3H3,(H,31,35)/t21-/m0/s1. The molecule has 3 heterocycles. The maximum atomic E-state index is 13.5. The topological polar surface area (TPSA) is 85.6 Å². The molecule has 0 fully saturated rings. The third-order valence-corrected chi connectivity index (χ3v) is 6.68. The van der Waals surface area contributed by atoms with Crippen LogP contribution < -0.4 is 10.1 Å². The molecule has 0 spiro atoms. The quantitative estimate of drug-likeness (QED) is 0.311. The Hall–Kier alpha value is -3.42. The van der Waals surface area contributed by atoms with E-state index >= 15 is 0 Å². The summed E-state index contributed by atoms with van der Waals surface area (Å²) in [6.45, 7) is 5.93. The molecule has 1 aliphatic rings. The first-order valence-corrected chi connectivity index (χ1v) is 12.4. The highest BCUT2D eigenvalue weighted by Gasteiger charge is 2.28. The summed E-state index contributed by atoms with van der Waals surface area (Å²) >= 11 is 12.5. The number of Topliss-reactive ketones (excluding diaryl/α,β-unsaturated/α-hetero) is 1. The van der Waals surface area contributed by atoms with Crippen LogP contribution >= 0.6 is 23.2 Å². The molecule has 0 unspecified atom stereocenters. The molecule has 9 heteroatoms. The molecule has 0 radical (unpaired) electrons. The van der Waals surface area contributed by atoms with Gasteiger partial charge in [-0.25, -0.2) is 9.50 Å². The predicted molar refractivity (Wildman–Crippen MR) is 139 cm³/mol. The molecule has 2 aromatic heterocycles. The van der Waals surface area contributed by atoms with Gasteiger partial charge in [0.05, 0.1) is 24.4 Å². The molecule has 0 saturated carbocycles. The number of nitrogens with one attached hydrogen (secondary N) is 1. The van der Waals surface area contributed by atoms with Crippen LogP contribution in [0.4, 0.5) is 0 Å². The van der Waals surface area contributed by atoms with Crippen LogP contribution in [0.1, 0.15) is 71.1 Å². The van der Waals surface area contributed by atoms with Gasteiger partial charge < -0.3 is 10.1 Å². The van der Waals surface area contributed by atoms with E-state index in [0.717, 1.165) is 11.3 Å². The second-order valence-corrected chi connectivity index (χ2v) is 9.96. The van der Waals surface area contributed by atoms with Crippen molar-refractivity contribution in [3.63, 3.8) is 0 Å². The summed E-state index contributed by atoms with van der Waals surface area (Å²) in [6.07, 6.45) is 2.19. The Bertz CT molecular complexity index is 1490. The molecule has 2 aromatic carbocycles. The van der Waals surface area contributed by atoms with Crippen LogP contribution in [0, 0.1) is 0 Å². The molecule has 7 nitrogen and oxygen atoms in total. The molecule has 4 aromatic rings. The van der Waals surface area contributed by atoms with Crippen molar-refractivity contribution in [1.82, 2.24) is 19.9 Å². The van der Waals surface area contributed by atoms with Crippen molar-refractivity contribution >= 4 is 40.5 Å². The minimum Gasteiger partial charge on any atom is -0.493 e. The average molecular weight is 523 g/mol. The van der Waals surface area contributed by atoms with Crippen LogP contribution in [-0.4, -0.2) is 32.9 Å². The molecule has 36 heavy (non-hydrogen) atoms. The van der Waals surface area contributed by atoms with Crippen LogP contribution in [0.25, 0.3) is 16.9 Å². The van der Waals surface area contributed by atoms with Crippen molar-refractivity contribution in [2.24, 2.45) is 0 Å². The Kier molecular flexibility index (Phi) is 6.45. The fraction of sp³-hybridized carbons (Fsp3) is 0.259. The summed E-state index contributed by atoms with van der Waals surface area (Å²) in [7, 11) is 0. The first kappa shape index (κ1) is 24.3. The summed E-state index contributed by atoms with van der Waals surface area (Å²) in [5.41, 5.74) is 3.83. The zero-order chi connectivity index (χ0) is 25.6. The highest BCUT2D eigenvalue weighted by Crippen LogP contribution is 2.35. The lowest BCUT2D eigenvalue weighted by molar-refractivity contribution is 0.0922. The highest BCUT2D eigenvalue weighted by atomic mass is 35.5. The predicted octanol–water partition coefficient (Wildman–Crippen LogP) is 6.28. The number of halogens is 2. The van der Waals surface area contributed by atoms with E-state index in [0.29, 0.717) is 51.1 Å². The van der Waals surface area contributed by atoms with Gasteiger partial charge in [-0.2, -0.15) is 5.10 Å². The van der Waals surface area contributed by atoms with Gasteiger partial charge in [0.15, 0.2) is 11.4 Å². The van der Waals surface area contributed by atoms with Crippen LogP contribution in [0.15, 0.2) is 48.7 Å². The van der Waals surface area contributed by atoms with E-state index in [-0.39, 0.29) is 29.3 Å². The van der Waals surface area contributed by atoms with E-state index in [1.807, 2.05) is 38.1 Å². The van der Waals surface area contributed by atoms with E-state index in [1.54, 1.807) is 22.7 Å². The third-order valence-electron chi connectivity index (χ3n) is 6.24. The van der Waals surface area contributed by atoms with Crippen molar-refractivity contribution in [3.05, 3.63) is 81.1 Å². The number of imidazole rings is 1. The van der Waals surface area contributed by atoms with Gasteiger partial charge >= 0.3 is 0 Å². The summed E-state index contributed by atoms with van der Waals surface area (Å²) < 4.78 is 7.32. The van der Waals surface area contributed by atoms with Crippen LogP contribution in [-0.2, 0) is 0 Å². The molecular weight excluding hydrogens is 499 g/mol. The fourth-order valence-corrected chi connectivity index (χ4v) is 5.20. The number of fused-ring (bicyclic) bond motifs is 2. The number of hydrogen-bond acceptors (Lipinski definition) is 5. The monoisotopic (exact) mass is 522 g/mol. The number of nitrogens with zero attached hydrogens (tertiary/aromatic N) is 3. The van der Waals surface area contributed by atoms with Crippen LogP contribution in [0.3, 0.4) is 0 Å². The van der Waals surface area contributed by atoms with Crippen molar-refractivity contribution in [3.8, 4) is 17.0 Å². The maximum Gasteiger partial charge on any atom is 0.253 e. The number of ketones is 1. The van der Waals surface area contributed by atoms with E-state index < -0.39 is 0 Å². The number of benzene rings is 2. The van der Waals surface area contributed by atoms with Gasteiger partial charge in [0.1, 0.15) is 17.1 Å². The normalized spacial score (nSPS) is 15.0. The number of carbonyl (C=O) groups is 2. The number of carbonyl (C=O) groups excluding carboxylic acids is 2. The Morgan fingerprint density at radius 1 is 1.14 bits per heavy atom. The molecule has 1 atom stereocenters. The molecule has 184 valence electrons. The first-order valence-electron chi connectivity index (χ1n) is 11.7. The minimum atomic E-state index is -0.255. The Balaban J connectivity index is 1.63. The lowest BCUT2D eigenvalue weighted by atomic mass is 9.97. The molecule has 0 bridgehead atoms. The van der Waals surface area contributed by atoms with Crippen molar-refractivity contribution < 1.29 is 14.3 Å². The van der Waals surface area contributed by atoms with Crippen LogP contribution in [0.5, 0.6) is 5.75 Å². The van der Waals surface area contributed by atoms with Crippen molar-refractivity contribution in [2.45, 2.75) is 39.2 Å². The van der Waals surface area contributed by atoms with Gasteiger partial charge in [-0.3, -0.25) is 9.59 Å². The molecule has 1 amide bonds. The molecular formula is C27H24Cl2N4O3. The number of para-hydroxylation sites is 1.